The van der Waals surface area contributed by atoms with Crippen LogP contribution in [0.15, 0.2) is 42.5 Å². The van der Waals surface area contributed by atoms with Crippen LogP contribution in [0.1, 0.15) is 49.3 Å². The van der Waals surface area contributed by atoms with E-state index >= 15 is 0 Å². The van der Waals surface area contributed by atoms with Crippen molar-refractivity contribution in [2.45, 2.75) is 50.7 Å². The summed E-state index contributed by atoms with van der Waals surface area (Å²) in [6.45, 7) is 0.373. The number of nitrogens with zero attached hydrogens (tertiary/aromatic N) is 1. The van der Waals surface area contributed by atoms with Crippen molar-refractivity contribution in [2.24, 2.45) is 0 Å². The van der Waals surface area contributed by atoms with Crippen LogP contribution >= 0.6 is 11.6 Å². The minimum atomic E-state index is -0.825. The molecule has 2 aromatic rings. The molecule has 2 aromatic carbocycles. The lowest BCUT2D eigenvalue weighted by atomic mass is 9.94. The number of hydrogen-bond acceptors (Lipinski definition) is 5. The monoisotopic (exact) mass is 472 g/mol. The number of benzene rings is 2. The molecule has 1 aliphatic heterocycles. The van der Waals surface area contributed by atoms with E-state index in [0.717, 1.165) is 31.2 Å². The van der Waals surface area contributed by atoms with Crippen molar-refractivity contribution in [3.8, 4) is 17.2 Å². The van der Waals surface area contributed by atoms with E-state index in [1.807, 2.05) is 30.3 Å². The first-order valence-corrected chi connectivity index (χ1v) is 11.8. The molecule has 1 atom stereocenters. The molecular weight excluding hydrogens is 444 g/mol. The summed E-state index contributed by atoms with van der Waals surface area (Å²) in [5, 5.41) is 3.18. The summed E-state index contributed by atoms with van der Waals surface area (Å²) in [7, 11) is 1.59. The normalized spacial score (nSPS) is 16.2. The highest BCUT2D eigenvalue weighted by Crippen LogP contribution is 2.34. The molecular formula is C25H29ClN2O5. The molecule has 1 N–H and O–H groups in total. The van der Waals surface area contributed by atoms with Gasteiger partial charge in [-0.1, -0.05) is 37.5 Å². The Hall–Kier alpha value is -2.93. The predicted molar refractivity (Wildman–Crippen MR) is 125 cm³/mol. The van der Waals surface area contributed by atoms with Gasteiger partial charge in [0.2, 0.25) is 18.6 Å². The van der Waals surface area contributed by atoms with Crippen molar-refractivity contribution >= 4 is 23.4 Å². The average Bonchev–Trinajstić information content (AvgIpc) is 3.32. The van der Waals surface area contributed by atoms with Crippen molar-refractivity contribution < 1.29 is 23.8 Å². The number of alkyl halides is 1. The predicted octanol–water partition coefficient (Wildman–Crippen LogP) is 4.18. The Kier molecular flexibility index (Phi) is 7.60. The van der Waals surface area contributed by atoms with Crippen LogP contribution in [-0.2, 0) is 16.1 Å². The molecule has 33 heavy (non-hydrogen) atoms. The maximum Gasteiger partial charge on any atom is 0.247 e. The third-order valence-electron chi connectivity index (χ3n) is 6.17. The highest BCUT2D eigenvalue weighted by molar-refractivity contribution is 6.27. The van der Waals surface area contributed by atoms with Gasteiger partial charge >= 0.3 is 0 Å². The number of hydrogen-bond donors (Lipinski definition) is 1. The zero-order valence-corrected chi connectivity index (χ0v) is 19.5. The Morgan fingerprint density at radius 1 is 1.09 bits per heavy atom. The summed E-state index contributed by atoms with van der Waals surface area (Å²) in [5.41, 5.74) is 1.52. The van der Waals surface area contributed by atoms with Crippen LogP contribution in [0, 0.1) is 0 Å². The van der Waals surface area contributed by atoms with E-state index in [4.69, 9.17) is 25.8 Å². The van der Waals surface area contributed by atoms with Gasteiger partial charge in [-0.3, -0.25) is 9.59 Å². The van der Waals surface area contributed by atoms with Crippen LogP contribution < -0.4 is 19.5 Å². The average molecular weight is 473 g/mol. The summed E-state index contributed by atoms with van der Waals surface area (Å²) in [6, 6.07) is 12.0. The molecule has 2 amide bonds. The Labute approximate surface area is 198 Å². The second-order valence-electron chi connectivity index (χ2n) is 8.36. The van der Waals surface area contributed by atoms with Crippen molar-refractivity contribution in [1.82, 2.24) is 10.2 Å². The molecule has 0 spiro atoms. The molecule has 1 heterocycles. The summed E-state index contributed by atoms with van der Waals surface area (Å²) in [5.74, 6) is 1.21. The van der Waals surface area contributed by atoms with Gasteiger partial charge in [0.15, 0.2) is 11.5 Å². The molecule has 0 radical (unpaired) electrons. The number of carbonyl (C=O) groups is 2. The van der Waals surface area contributed by atoms with Crippen LogP contribution in [0.3, 0.4) is 0 Å². The minimum Gasteiger partial charge on any atom is -0.497 e. The van der Waals surface area contributed by atoms with Gasteiger partial charge in [-0.15, -0.1) is 11.6 Å². The highest BCUT2D eigenvalue weighted by Gasteiger charge is 2.33. The number of carbonyl (C=O) groups excluding carboxylic acids is 2. The molecule has 2 aliphatic rings. The van der Waals surface area contributed by atoms with E-state index in [1.54, 1.807) is 19.2 Å². The second-order valence-corrected chi connectivity index (χ2v) is 8.63. The van der Waals surface area contributed by atoms with Crippen molar-refractivity contribution in [1.29, 1.82) is 0 Å². The highest BCUT2D eigenvalue weighted by atomic mass is 35.5. The third kappa shape index (κ3) is 5.53. The van der Waals surface area contributed by atoms with E-state index in [-0.39, 0.29) is 37.1 Å². The fourth-order valence-corrected chi connectivity index (χ4v) is 4.58. The Morgan fingerprint density at radius 2 is 1.82 bits per heavy atom. The van der Waals surface area contributed by atoms with E-state index < -0.39 is 6.04 Å². The SMILES string of the molecule is COc1ccc([C@H](C(=O)NC2CCCCC2)N(Cc2ccc3c(c2)OCO3)C(=O)CCl)cc1. The molecule has 0 bridgehead atoms. The molecule has 8 heteroatoms. The van der Waals surface area contributed by atoms with Gasteiger partial charge in [0.1, 0.15) is 17.7 Å². The quantitative estimate of drug-likeness (QED) is 0.583. The Bertz CT molecular complexity index is 975. The van der Waals surface area contributed by atoms with Crippen molar-refractivity contribution in [2.75, 3.05) is 19.8 Å². The topological polar surface area (TPSA) is 77.1 Å². The smallest absolute Gasteiger partial charge is 0.247 e. The molecule has 0 aromatic heterocycles. The van der Waals surface area contributed by atoms with E-state index in [0.29, 0.717) is 22.8 Å². The van der Waals surface area contributed by atoms with Gasteiger partial charge in [-0.25, -0.2) is 0 Å². The maximum absolute atomic E-state index is 13.6. The fourth-order valence-electron chi connectivity index (χ4n) is 4.42. The summed E-state index contributed by atoms with van der Waals surface area (Å²) >= 11 is 5.99. The summed E-state index contributed by atoms with van der Waals surface area (Å²) < 4.78 is 16.1. The van der Waals surface area contributed by atoms with Crippen molar-refractivity contribution in [3.05, 3.63) is 53.6 Å². The van der Waals surface area contributed by atoms with E-state index in [2.05, 4.69) is 5.32 Å². The van der Waals surface area contributed by atoms with Gasteiger partial charge in [-0.05, 0) is 48.2 Å². The first-order valence-electron chi connectivity index (χ1n) is 11.3. The lowest BCUT2D eigenvalue weighted by Gasteiger charge is -2.33. The third-order valence-corrected chi connectivity index (χ3v) is 6.40. The van der Waals surface area contributed by atoms with Gasteiger partial charge in [-0.2, -0.15) is 0 Å². The minimum absolute atomic E-state index is 0.116. The molecule has 176 valence electrons. The summed E-state index contributed by atoms with van der Waals surface area (Å²) in [6.07, 6.45) is 5.29. The van der Waals surface area contributed by atoms with Crippen molar-refractivity contribution in [3.63, 3.8) is 0 Å². The number of halogens is 1. The lowest BCUT2D eigenvalue weighted by Crippen LogP contribution is -2.47. The Morgan fingerprint density at radius 3 is 2.52 bits per heavy atom. The molecule has 7 nitrogen and oxygen atoms in total. The molecule has 0 saturated heterocycles. The molecule has 1 fully saturated rings. The van der Waals surface area contributed by atoms with E-state index in [9.17, 15) is 9.59 Å². The van der Waals surface area contributed by atoms with Crippen LogP contribution in [0.5, 0.6) is 17.2 Å². The number of amides is 2. The zero-order valence-electron chi connectivity index (χ0n) is 18.7. The molecule has 4 rings (SSSR count). The van der Waals surface area contributed by atoms with Crippen LogP contribution in [-0.4, -0.2) is 42.5 Å². The van der Waals surface area contributed by atoms with E-state index in [1.165, 1.54) is 11.3 Å². The number of ether oxygens (including phenoxy) is 3. The molecule has 1 aliphatic carbocycles. The first-order chi connectivity index (χ1) is 16.1. The van der Waals surface area contributed by atoms with Gasteiger partial charge in [0.05, 0.1) is 7.11 Å². The molecule has 0 unspecified atom stereocenters. The maximum atomic E-state index is 13.6. The van der Waals surface area contributed by atoms with Gasteiger partial charge in [0.25, 0.3) is 0 Å². The lowest BCUT2D eigenvalue weighted by molar-refractivity contribution is -0.140. The van der Waals surface area contributed by atoms with Crippen LogP contribution in [0.4, 0.5) is 0 Å². The Balaban J connectivity index is 1.65. The summed E-state index contributed by atoms with van der Waals surface area (Å²) in [4.78, 5) is 28.1. The number of methoxy groups -OCH3 is 1. The van der Waals surface area contributed by atoms with Gasteiger partial charge < -0.3 is 24.4 Å². The molecule has 1 saturated carbocycles. The number of nitrogens with one attached hydrogen (secondary N) is 1. The largest absolute Gasteiger partial charge is 0.497 e. The van der Waals surface area contributed by atoms with Crippen LogP contribution in [0.2, 0.25) is 0 Å². The number of fused-ring (bicyclic) bond motifs is 1. The van der Waals surface area contributed by atoms with Gasteiger partial charge in [0, 0.05) is 12.6 Å². The van der Waals surface area contributed by atoms with Crippen LogP contribution in [0.25, 0.3) is 0 Å². The number of rotatable bonds is 8. The zero-order chi connectivity index (χ0) is 23.2. The fraction of sp³-hybridized carbons (Fsp3) is 0.440. The second kappa shape index (κ2) is 10.8. The standard InChI is InChI=1S/C25H29ClN2O5/c1-31-20-10-8-18(9-11-20)24(25(30)27-19-5-3-2-4-6-19)28(23(29)14-26)15-17-7-12-21-22(13-17)33-16-32-21/h7-13,19,24H,2-6,14-16H2,1H3,(H,27,30)/t24-/m1/s1. The first kappa shape index (κ1) is 23.2.